The highest BCUT2D eigenvalue weighted by atomic mass is 35.5. The van der Waals surface area contributed by atoms with Gasteiger partial charge < -0.3 is 10.2 Å². The van der Waals surface area contributed by atoms with Gasteiger partial charge in [-0.2, -0.15) is 0 Å². The standard InChI is InChI=1S/C24H30Cl2N2O2/c1-4-17(3)27-24(30)22(5-2)28(16-19-11-7-9-13-21(19)26)23(29)15-14-18-10-6-8-12-20(18)25/h6-13,17,22H,4-5,14-16H2,1-3H3,(H,27,30)/t17-,22+/m1/s1. The van der Waals surface area contributed by atoms with Gasteiger partial charge in [-0.15, -0.1) is 0 Å². The first-order valence-electron chi connectivity index (χ1n) is 10.4. The van der Waals surface area contributed by atoms with E-state index in [1.165, 1.54) is 0 Å². The second-order valence-corrected chi connectivity index (χ2v) is 8.26. The van der Waals surface area contributed by atoms with Crippen LogP contribution in [0.1, 0.15) is 51.2 Å². The van der Waals surface area contributed by atoms with Crippen LogP contribution in [0.25, 0.3) is 0 Å². The number of amides is 2. The number of aryl methyl sites for hydroxylation is 1. The van der Waals surface area contributed by atoms with Gasteiger partial charge in [0, 0.05) is 29.1 Å². The molecule has 2 rings (SSSR count). The molecule has 162 valence electrons. The molecule has 0 aliphatic carbocycles. The van der Waals surface area contributed by atoms with Crippen molar-refractivity contribution < 1.29 is 9.59 Å². The smallest absolute Gasteiger partial charge is 0.243 e. The Labute approximate surface area is 189 Å². The Kier molecular flexibility index (Phi) is 9.67. The quantitative estimate of drug-likeness (QED) is 0.510. The van der Waals surface area contributed by atoms with Crippen LogP contribution in [0.5, 0.6) is 0 Å². The molecular formula is C24H30Cl2N2O2. The van der Waals surface area contributed by atoms with Gasteiger partial charge >= 0.3 is 0 Å². The third-order valence-corrected chi connectivity index (χ3v) is 5.99. The number of carbonyl (C=O) groups excluding carboxylic acids is 2. The van der Waals surface area contributed by atoms with Crippen molar-refractivity contribution in [3.05, 3.63) is 69.7 Å². The predicted molar refractivity (Wildman–Crippen MR) is 124 cm³/mol. The predicted octanol–water partition coefficient (Wildman–Crippen LogP) is 5.65. The normalized spacial score (nSPS) is 12.8. The molecule has 0 spiro atoms. The number of nitrogens with zero attached hydrogens (tertiary/aromatic N) is 1. The van der Waals surface area contributed by atoms with Crippen LogP contribution < -0.4 is 5.32 Å². The maximum Gasteiger partial charge on any atom is 0.243 e. The molecule has 0 heterocycles. The van der Waals surface area contributed by atoms with E-state index in [1.807, 2.05) is 63.2 Å². The summed E-state index contributed by atoms with van der Waals surface area (Å²) in [5.74, 6) is -0.231. The van der Waals surface area contributed by atoms with E-state index in [1.54, 1.807) is 11.0 Å². The van der Waals surface area contributed by atoms with Gasteiger partial charge in [0.25, 0.3) is 0 Å². The Balaban J connectivity index is 2.24. The Morgan fingerprint density at radius 2 is 1.50 bits per heavy atom. The lowest BCUT2D eigenvalue weighted by atomic mass is 10.1. The van der Waals surface area contributed by atoms with Crippen LogP contribution in [-0.2, 0) is 22.6 Å². The molecule has 0 bridgehead atoms. The van der Waals surface area contributed by atoms with Crippen LogP contribution in [0.2, 0.25) is 10.0 Å². The minimum atomic E-state index is -0.561. The summed E-state index contributed by atoms with van der Waals surface area (Å²) in [5.41, 5.74) is 1.74. The van der Waals surface area contributed by atoms with Crippen molar-refractivity contribution in [2.24, 2.45) is 0 Å². The van der Waals surface area contributed by atoms with Crippen molar-refractivity contribution in [3.8, 4) is 0 Å². The minimum Gasteiger partial charge on any atom is -0.352 e. The number of carbonyl (C=O) groups is 2. The molecule has 2 aromatic carbocycles. The number of nitrogens with one attached hydrogen (secondary N) is 1. The first-order chi connectivity index (χ1) is 14.4. The van der Waals surface area contributed by atoms with E-state index in [9.17, 15) is 9.59 Å². The number of halogens is 2. The van der Waals surface area contributed by atoms with Gasteiger partial charge in [0.2, 0.25) is 11.8 Å². The molecule has 0 radical (unpaired) electrons. The zero-order chi connectivity index (χ0) is 22.1. The van der Waals surface area contributed by atoms with E-state index in [0.29, 0.717) is 22.9 Å². The lowest BCUT2D eigenvalue weighted by Crippen LogP contribution is -2.50. The van der Waals surface area contributed by atoms with E-state index in [-0.39, 0.29) is 30.8 Å². The lowest BCUT2D eigenvalue weighted by Gasteiger charge is -2.32. The molecule has 1 N–H and O–H groups in total. The summed E-state index contributed by atoms with van der Waals surface area (Å²) in [4.78, 5) is 27.8. The Hall–Kier alpha value is -2.04. The van der Waals surface area contributed by atoms with Crippen molar-refractivity contribution in [3.63, 3.8) is 0 Å². The molecule has 30 heavy (non-hydrogen) atoms. The highest BCUT2D eigenvalue weighted by Gasteiger charge is 2.29. The molecule has 0 unspecified atom stereocenters. The van der Waals surface area contributed by atoms with Crippen LogP contribution >= 0.6 is 23.2 Å². The van der Waals surface area contributed by atoms with Gasteiger partial charge in [-0.25, -0.2) is 0 Å². The third kappa shape index (κ3) is 6.75. The fraction of sp³-hybridized carbons (Fsp3) is 0.417. The van der Waals surface area contributed by atoms with Crippen LogP contribution in [-0.4, -0.2) is 28.8 Å². The van der Waals surface area contributed by atoms with Crippen molar-refractivity contribution in [1.82, 2.24) is 10.2 Å². The second-order valence-electron chi connectivity index (χ2n) is 7.45. The Bertz CT molecular complexity index is 857. The van der Waals surface area contributed by atoms with Crippen LogP contribution in [0.4, 0.5) is 0 Å². The molecule has 0 saturated heterocycles. The molecule has 6 heteroatoms. The maximum absolute atomic E-state index is 13.3. The van der Waals surface area contributed by atoms with Gasteiger partial charge in [0.15, 0.2) is 0 Å². The summed E-state index contributed by atoms with van der Waals surface area (Å²) in [5, 5.41) is 4.24. The molecule has 2 amide bonds. The highest BCUT2D eigenvalue weighted by Crippen LogP contribution is 2.22. The average molecular weight is 449 g/mol. The first kappa shape index (κ1) is 24.2. The molecule has 2 aromatic rings. The largest absolute Gasteiger partial charge is 0.352 e. The zero-order valence-electron chi connectivity index (χ0n) is 17.8. The Morgan fingerprint density at radius 3 is 2.03 bits per heavy atom. The summed E-state index contributed by atoms with van der Waals surface area (Å²) in [6, 6.07) is 14.4. The summed E-state index contributed by atoms with van der Waals surface area (Å²) < 4.78 is 0. The van der Waals surface area contributed by atoms with E-state index in [2.05, 4.69) is 5.32 Å². The van der Waals surface area contributed by atoms with Crippen LogP contribution in [0.3, 0.4) is 0 Å². The fourth-order valence-electron chi connectivity index (χ4n) is 3.26. The SMILES string of the molecule is CC[C@@H](C)NC(=O)[C@H](CC)N(Cc1ccccc1Cl)C(=O)CCc1ccccc1Cl. The fourth-order valence-corrected chi connectivity index (χ4v) is 3.68. The number of hydrogen-bond acceptors (Lipinski definition) is 2. The van der Waals surface area contributed by atoms with Gasteiger partial charge in [0.05, 0.1) is 0 Å². The van der Waals surface area contributed by atoms with Crippen molar-refractivity contribution >= 4 is 35.0 Å². The van der Waals surface area contributed by atoms with E-state index in [0.717, 1.165) is 17.5 Å². The van der Waals surface area contributed by atoms with Crippen molar-refractivity contribution in [2.45, 2.75) is 65.1 Å². The molecule has 0 aromatic heterocycles. The summed E-state index contributed by atoms with van der Waals surface area (Å²) in [7, 11) is 0. The summed E-state index contributed by atoms with van der Waals surface area (Å²) >= 11 is 12.6. The topological polar surface area (TPSA) is 49.4 Å². The Morgan fingerprint density at radius 1 is 0.933 bits per heavy atom. The molecule has 0 fully saturated rings. The van der Waals surface area contributed by atoms with Gasteiger partial charge in [-0.3, -0.25) is 9.59 Å². The average Bonchev–Trinajstić information content (AvgIpc) is 2.74. The van der Waals surface area contributed by atoms with E-state index >= 15 is 0 Å². The molecular weight excluding hydrogens is 419 g/mol. The van der Waals surface area contributed by atoms with Crippen molar-refractivity contribution in [1.29, 1.82) is 0 Å². The molecule has 2 atom stereocenters. The van der Waals surface area contributed by atoms with Gasteiger partial charge in [0.1, 0.15) is 6.04 Å². The molecule has 0 saturated carbocycles. The van der Waals surface area contributed by atoms with E-state index < -0.39 is 6.04 Å². The van der Waals surface area contributed by atoms with Gasteiger partial charge in [-0.1, -0.05) is 73.4 Å². The van der Waals surface area contributed by atoms with Gasteiger partial charge in [-0.05, 0) is 49.4 Å². The number of rotatable bonds is 10. The molecule has 4 nitrogen and oxygen atoms in total. The van der Waals surface area contributed by atoms with Crippen LogP contribution in [0.15, 0.2) is 48.5 Å². The maximum atomic E-state index is 13.3. The van der Waals surface area contributed by atoms with Crippen molar-refractivity contribution in [2.75, 3.05) is 0 Å². The molecule has 0 aliphatic rings. The lowest BCUT2D eigenvalue weighted by molar-refractivity contribution is -0.141. The zero-order valence-corrected chi connectivity index (χ0v) is 19.3. The second kappa shape index (κ2) is 12.0. The van der Waals surface area contributed by atoms with E-state index in [4.69, 9.17) is 23.2 Å². The van der Waals surface area contributed by atoms with Crippen LogP contribution in [0, 0.1) is 0 Å². The first-order valence-corrected chi connectivity index (χ1v) is 11.2. The molecule has 0 aliphatic heterocycles. The number of benzene rings is 2. The number of hydrogen-bond donors (Lipinski definition) is 1. The monoisotopic (exact) mass is 448 g/mol. The third-order valence-electron chi connectivity index (χ3n) is 5.25. The highest BCUT2D eigenvalue weighted by molar-refractivity contribution is 6.31. The summed E-state index contributed by atoms with van der Waals surface area (Å²) in [6.45, 7) is 6.18. The minimum absolute atomic E-state index is 0.0481. The summed E-state index contributed by atoms with van der Waals surface area (Å²) in [6.07, 6.45) is 2.12.